The number of carbonyl (C=O) groups is 1. The zero-order chi connectivity index (χ0) is 12.3. The highest BCUT2D eigenvalue weighted by molar-refractivity contribution is 7.89. The molecule has 0 spiro atoms. The lowest BCUT2D eigenvalue weighted by Crippen LogP contribution is -2.30. The second-order valence-corrected chi connectivity index (χ2v) is 4.95. The molecule has 88 valence electrons. The summed E-state index contributed by atoms with van der Waals surface area (Å²) in [4.78, 5) is 11.0. The van der Waals surface area contributed by atoms with Crippen LogP contribution in [0.1, 0.15) is 16.7 Å². The van der Waals surface area contributed by atoms with Gasteiger partial charge in [-0.15, -0.1) is 4.72 Å². The predicted molar refractivity (Wildman–Crippen MR) is 62.7 cm³/mol. The molecule has 1 aromatic carbocycles. The van der Waals surface area contributed by atoms with E-state index in [1.807, 2.05) is 32.9 Å². The highest BCUT2D eigenvalue weighted by Gasteiger charge is 2.18. The summed E-state index contributed by atoms with van der Waals surface area (Å²) in [6, 6.07) is 3.87. The van der Waals surface area contributed by atoms with Gasteiger partial charge in [0.15, 0.2) is 4.90 Å². The molecule has 0 saturated heterocycles. The van der Waals surface area contributed by atoms with Crippen molar-refractivity contribution in [2.75, 3.05) is 6.54 Å². The average molecular weight is 241 g/mol. The van der Waals surface area contributed by atoms with Gasteiger partial charge in [-0.3, -0.25) is 4.79 Å². The van der Waals surface area contributed by atoms with Crippen LogP contribution in [0.25, 0.3) is 0 Å². The Bertz CT molecular complexity index is 383. The van der Waals surface area contributed by atoms with E-state index in [1.54, 1.807) is 0 Å². The van der Waals surface area contributed by atoms with Crippen LogP contribution in [0.4, 0.5) is 0 Å². The molecular weight excluding hydrogens is 226 g/mol. The Kier molecular flexibility index (Phi) is 4.35. The second kappa shape index (κ2) is 5.34. The number of hydrogen-bond donors (Lipinski definition) is 2. The zero-order valence-electron chi connectivity index (χ0n) is 9.53. The molecule has 0 bridgehead atoms. The zero-order valence-corrected chi connectivity index (χ0v) is 10.4. The van der Waals surface area contributed by atoms with E-state index in [0.29, 0.717) is 4.90 Å². The number of nitrogens with one attached hydrogen (secondary N) is 1. The van der Waals surface area contributed by atoms with E-state index in [9.17, 15) is 9.35 Å². The fourth-order valence-corrected chi connectivity index (χ4v) is 2.76. The molecule has 5 heteroatoms. The third kappa shape index (κ3) is 3.23. The highest BCUT2D eigenvalue weighted by atomic mass is 32.2. The Morgan fingerprint density at radius 1 is 1.38 bits per heavy atom. The normalized spacial score (nSPS) is 12.5. The first kappa shape index (κ1) is 13.0. The molecule has 0 aliphatic carbocycles. The van der Waals surface area contributed by atoms with Gasteiger partial charge in [-0.25, -0.2) is 0 Å². The van der Waals surface area contributed by atoms with Gasteiger partial charge in [0.25, 0.3) is 0 Å². The lowest BCUT2D eigenvalue weighted by atomic mass is 10.1. The molecule has 0 fully saturated rings. The summed E-state index contributed by atoms with van der Waals surface area (Å²) in [5.41, 5.74) is 2.93. The van der Waals surface area contributed by atoms with Gasteiger partial charge in [0.2, 0.25) is 0 Å². The molecule has 1 atom stereocenters. The Balaban J connectivity index is 2.90. The molecule has 0 aliphatic heterocycles. The molecule has 4 nitrogen and oxygen atoms in total. The number of carboxylic acid groups (broad SMARTS) is 1. The summed E-state index contributed by atoms with van der Waals surface area (Å²) in [6.07, 6.45) is 0. The summed E-state index contributed by atoms with van der Waals surface area (Å²) in [5.74, 6) is -1.02. The van der Waals surface area contributed by atoms with Crippen LogP contribution in [-0.4, -0.2) is 22.2 Å². The summed E-state index contributed by atoms with van der Waals surface area (Å²) < 4.78 is 14.3. The lowest BCUT2D eigenvalue weighted by Gasteiger charge is -2.14. The maximum absolute atomic E-state index is 11.8. The highest BCUT2D eigenvalue weighted by Crippen LogP contribution is 2.21. The Hall–Kier alpha value is -1.04. The van der Waals surface area contributed by atoms with Crippen LogP contribution in [0.15, 0.2) is 17.0 Å². The van der Waals surface area contributed by atoms with Gasteiger partial charge < -0.3 is 9.66 Å². The van der Waals surface area contributed by atoms with Crippen molar-refractivity contribution in [3.63, 3.8) is 0 Å². The van der Waals surface area contributed by atoms with E-state index in [4.69, 9.17) is 5.11 Å². The van der Waals surface area contributed by atoms with Gasteiger partial charge in [0, 0.05) is 11.1 Å². The molecule has 1 unspecified atom stereocenters. The van der Waals surface area contributed by atoms with E-state index >= 15 is 0 Å². The van der Waals surface area contributed by atoms with Gasteiger partial charge in [0.1, 0.15) is 6.54 Å². The van der Waals surface area contributed by atoms with Crippen LogP contribution < -0.4 is 4.72 Å². The molecule has 0 aliphatic rings. The molecule has 2 N–H and O–H groups in total. The molecular formula is C11H15NO3S. The smallest absolute Gasteiger partial charge is 0.322 e. The number of rotatable bonds is 4. The van der Waals surface area contributed by atoms with Gasteiger partial charge in [0.05, 0.1) is 11.4 Å². The summed E-state index contributed by atoms with van der Waals surface area (Å²) in [7, 11) is 0. The fraction of sp³-hybridized carbons (Fsp3) is 0.364. The average Bonchev–Trinajstić information content (AvgIpc) is 2.12. The largest absolute Gasteiger partial charge is 0.593 e. The van der Waals surface area contributed by atoms with Crippen LogP contribution in [0, 0.1) is 20.8 Å². The quantitative estimate of drug-likeness (QED) is 0.780. The van der Waals surface area contributed by atoms with Crippen molar-refractivity contribution >= 4 is 17.3 Å². The lowest BCUT2D eigenvalue weighted by molar-refractivity contribution is -0.135. The molecule has 0 aromatic heterocycles. The summed E-state index contributed by atoms with van der Waals surface area (Å²) >= 11 is -1.47. The summed E-state index contributed by atoms with van der Waals surface area (Å²) in [5, 5.41) is 8.50. The summed E-state index contributed by atoms with van der Waals surface area (Å²) in [6.45, 7) is 5.40. The number of aliphatic carboxylic acids is 1. The SMILES string of the molecule is Cc1cc(C)c([S+]([O-])NCC(=O)O)c(C)c1. The minimum absolute atomic E-state index is 0.306. The molecule has 1 aromatic rings. The van der Waals surface area contributed by atoms with Gasteiger partial charge in [-0.05, 0) is 20.8 Å². The van der Waals surface area contributed by atoms with Crippen molar-refractivity contribution in [1.82, 2.24) is 4.72 Å². The molecule has 0 heterocycles. The minimum Gasteiger partial charge on any atom is -0.593 e. The van der Waals surface area contributed by atoms with E-state index < -0.39 is 17.3 Å². The van der Waals surface area contributed by atoms with E-state index in [-0.39, 0.29) is 6.54 Å². The molecule has 0 radical (unpaired) electrons. The van der Waals surface area contributed by atoms with E-state index in [2.05, 4.69) is 4.72 Å². The van der Waals surface area contributed by atoms with Crippen molar-refractivity contribution in [1.29, 1.82) is 0 Å². The number of aryl methyl sites for hydroxylation is 3. The maximum atomic E-state index is 11.8. The molecule has 0 saturated carbocycles. The van der Waals surface area contributed by atoms with Crippen LogP contribution >= 0.6 is 0 Å². The first-order chi connectivity index (χ1) is 7.41. The van der Waals surface area contributed by atoms with Gasteiger partial charge in [-0.1, -0.05) is 17.7 Å². The van der Waals surface area contributed by atoms with Crippen molar-refractivity contribution in [2.24, 2.45) is 0 Å². The first-order valence-electron chi connectivity index (χ1n) is 4.86. The Labute approximate surface area is 98.0 Å². The van der Waals surface area contributed by atoms with Crippen LogP contribution in [0.2, 0.25) is 0 Å². The van der Waals surface area contributed by atoms with Gasteiger partial charge in [-0.2, -0.15) is 0 Å². The molecule has 1 rings (SSSR count). The van der Waals surface area contributed by atoms with E-state index in [1.165, 1.54) is 0 Å². The number of benzene rings is 1. The van der Waals surface area contributed by atoms with Crippen LogP contribution in [0.3, 0.4) is 0 Å². The maximum Gasteiger partial charge on any atom is 0.322 e. The molecule has 16 heavy (non-hydrogen) atoms. The molecule has 0 amide bonds. The topological polar surface area (TPSA) is 72.4 Å². The Morgan fingerprint density at radius 3 is 2.31 bits per heavy atom. The number of carboxylic acids is 1. The monoisotopic (exact) mass is 241 g/mol. The fourth-order valence-electron chi connectivity index (χ4n) is 1.66. The second-order valence-electron chi connectivity index (χ2n) is 3.71. The van der Waals surface area contributed by atoms with Crippen molar-refractivity contribution in [3.05, 3.63) is 28.8 Å². The third-order valence-corrected chi connectivity index (χ3v) is 3.57. The third-order valence-electron chi connectivity index (χ3n) is 2.14. The van der Waals surface area contributed by atoms with Gasteiger partial charge >= 0.3 is 5.97 Å². The minimum atomic E-state index is -1.47. The van der Waals surface area contributed by atoms with Crippen molar-refractivity contribution in [2.45, 2.75) is 25.7 Å². The standard InChI is InChI=1S/C11H15NO3S/c1-7-4-8(2)11(9(3)5-7)16(15)12-6-10(13)14/h4-5,12H,6H2,1-3H3,(H,13,14). The Morgan fingerprint density at radius 2 is 1.88 bits per heavy atom. The first-order valence-corrected chi connectivity index (χ1v) is 6.01. The van der Waals surface area contributed by atoms with Crippen LogP contribution in [0.5, 0.6) is 0 Å². The van der Waals surface area contributed by atoms with Crippen molar-refractivity contribution in [3.8, 4) is 0 Å². The number of hydrogen-bond acceptors (Lipinski definition) is 3. The predicted octanol–water partition coefficient (Wildman–Crippen LogP) is 1.31. The van der Waals surface area contributed by atoms with E-state index in [0.717, 1.165) is 16.7 Å². The van der Waals surface area contributed by atoms with Crippen molar-refractivity contribution < 1.29 is 14.5 Å². The van der Waals surface area contributed by atoms with Crippen LogP contribution in [-0.2, 0) is 16.2 Å².